The maximum absolute atomic E-state index is 13.4. The predicted molar refractivity (Wildman–Crippen MR) is 126 cm³/mol. The molecular formula is C26H33N3O4. The summed E-state index contributed by atoms with van der Waals surface area (Å²) in [6.45, 7) is 5.42. The van der Waals surface area contributed by atoms with Crippen LogP contribution in [-0.4, -0.2) is 41.0 Å². The van der Waals surface area contributed by atoms with Crippen molar-refractivity contribution in [3.8, 4) is 0 Å². The number of amides is 3. The Hall–Kier alpha value is -3.35. The van der Waals surface area contributed by atoms with Gasteiger partial charge in [0.1, 0.15) is 18.2 Å². The van der Waals surface area contributed by atoms with Gasteiger partial charge in [0.2, 0.25) is 11.8 Å². The standard InChI is InChI=1S/C26H33N3O4/c1-26(2,3)33-25(32)28-18-22(30)29(21-15-10-16-21)23(20-13-8-5-9-14-20)24(31)27-17-19-11-6-4-7-12-19/h4-9,11-14,21,23H,10,15-18H2,1-3H3,(H,27,31)(H,28,32). The average molecular weight is 452 g/mol. The number of rotatable bonds is 8. The predicted octanol–water partition coefficient (Wildman–Crippen LogP) is 3.95. The van der Waals surface area contributed by atoms with Gasteiger partial charge in [-0.05, 0) is 51.2 Å². The van der Waals surface area contributed by atoms with Crippen LogP contribution in [-0.2, 0) is 20.9 Å². The molecule has 2 N–H and O–H groups in total. The van der Waals surface area contributed by atoms with Gasteiger partial charge < -0.3 is 20.3 Å². The topological polar surface area (TPSA) is 87.7 Å². The quantitative estimate of drug-likeness (QED) is 0.636. The Balaban J connectivity index is 1.79. The molecule has 0 heterocycles. The molecule has 33 heavy (non-hydrogen) atoms. The van der Waals surface area contributed by atoms with Crippen LogP contribution in [0.15, 0.2) is 60.7 Å². The molecule has 0 saturated heterocycles. The lowest BCUT2D eigenvalue weighted by Gasteiger charge is -2.42. The Morgan fingerprint density at radius 1 is 0.970 bits per heavy atom. The molecule has 2 aromatic rings. The van der Waals surface area contributed by atoms with Crippen LogP contribution in [0.25, 0.3) is 0 Å². The molecule has 0 bridgehead atoms. The second-order valence-electron chi connectivity index (χ2n) is 9.26. The van der Waals surface area contributed by atoms with E-state index in [1.54, 1.807) is 25.7 Å². The van der Waals surface area contributed by atoms with Crippen LogP contribution in [0, 0.1) is 0 Å². The van der Waals surface area contributed by atoms with E-state index in [4.69, 9.17) is 4.74 Å². The molecule has 176 valence electrons. The van der Waals surface area contributed by atoms with Crippen molar-refractivity contribution in [3.63, 3.8) is 0 Å². The Morgan fingerprint density at radius 2 is 1.58 bits per heavy atom. The molecule has 1 saturated carbocycles. The molecule has 0 aromatic heterocycles. The molecule has 1 atom stereocenters. The molecule has 0 spiro atoms. The Bertz CT molecular complexity index is 937. The summed E-state index contributed by atoms with van der Waals surface area (Å²) in [6.07, 6.45) is 2.00. The van der Waals surface area contributed by atoms with Crippen LogP contribution in [0.2, 0.25) is 0 Å². The van der Waals surface area contributed by atoms with Crippen LogP contribution in [0.1, 0.15) is 57.2 Å². The van der Waals surface area contributed by atoms with Crippen LogP contribution in [0.4, 0.5) is 4.79 Å². The lowest BCUT2D eigenvalue weighted by atomic mass is 9.88. The molecule has 0 aliphatic heterocycles. The summed E-state index contributed by atoms with van der Waals surface area (Å²) in [6, 6.07) is 18.1. The Labute approximate surface area is 195 Å². The highest BCUT2D eigenvalue weighted by Crippen LogP contribution is 2.33. The molecule has 3 rings (SSSR count). The third-order valence-corrected chi connectivity index (χ3v) is 5.49. The minimum absolute atomic E-state index is 0.0504. The number of ether oxygens (including phenoxy) is 1. The van der Waals surface area contributed by atoms with E-state index in [0.29, 0.717) is 6.54 Å². The molecule has 0 radical (unpaired) electrons. The summed E-state index contributed by atoms with van der Waals surface area (Å²) >= 11 is 0. The number of alkyl carbamates (subject to hydrolysis) is 1. The first kappa shape index (κ1) is 24.3. The smallest absolute Gasteiger partial charge is 0.408 e. The van der Waals surface area contributed by atoms with Gasteiger partial charge in [0.15, 0.2) is 0 Å². The lowest BCUT2D eigenvalue weighted by molar-refractivity contribution is -0.145. The zero-order valence-corrected chi connectivity index (χ0v) is 19.5. The molecule has 2 aromatic carbocycles. The van der Waals surface area contributed by atoms with Gasteiger partial charge >= 0.3 is 6.09 Å². The summed E-state index contributed by atoms with van der Waals surface area (Å²) in [5.74, 6) is -0.558. The van der Waals surface area contributed by atoms with E-state index < -0.39 is 17.7 Å². The zero-order chi connectivity index (χ0) is 23.8. The molecule has 7 heteroatoms. The van der Waals surface area contributed by atoms with E-state index >= 15 is 0 Å². The first-order valence-electron chi connectivity index (χ1n) is 11.4. The van der Waals surface area contributed by atoms with Gasteiger partial charge in [-0.1, -0.05) is 60.7 Å². The lowest BCUT2D eigenvalue weighted by Crippen LogP contribution is -2.53. The molecule has 1 unspecified atom stereocenters. The van der Waals surface area contributed by atoms with Gasteiger partial charge in [-0.3, -0.25) is 9.59 Å². The van der Waals surface area contributed by atoms with Crippen molar-refractivity contribution in [2.75, 3.05) is 6.54 Å². The van der Waals surface area contributed by atoms with Gasteiger partial charge in [-0.15, -0.1) is 0 Å². The van der Waals surface area contributed by atoms with Gasteiger partial charge in [-0.2, -0.15) is 0 Å². The number of nitrogens with one attached hydrogen (secondary N) is 2. The second kappa shape index (κ2) is 11.0. The molecule has 3 amide bonds. The van der Waals surface area contributed by atoms with Crippen molar-refractivity contribution < 1.29 is 19.1 Å². The summed E-state index contributed by atoms with van der Waals surface area (Å²) in [5, 5.41) is 5.53. The fraction of sp³-hybridized carbons (Fsp3) is 0.423. The molecule has 7 nitrogen and oxygen atoms in total. The fourth-order valence-corrected chi connectivity index (χ4v) is 3.73. The largest absolute Gasteiger partial charge is 0.444 e. The minimum Gasteiger partial charge on any atom is -0.444 e. The Kier molecular flexibility index (Phi) is 8.09. The van der Waals surface area contributed by atoms with E-state index in [2.05, 4.69) is 10.6 Å². The normalized spacial score (nSPS) is 14.5. The van der Waals surface area contributed by atoms with E-state index in [1.165, 1.54) is 0 Å². The van der Waals surface area contributed by atoms with Crippen molar-refractivity contribution in [1.29, 1.82) is 0 Å². The summed E-state index contributed by atoms with van der Waals surface area (Å²) in [7, 11) is 0. The number of nitrogens with zero attached hydrogens (tertiary/aromatic N) is 1. The number of carbonyl (C=O) groups is 3. The van der Waals surface area contributed by atoms with E-state index in [0.717, 1.165) is 30.4 Å². The first-order chi connectivity index (χ1) is 15.7. The SMILES string of the molecule is CC(C)(C)OC(=O)NCC(=O)N(C1CCC1)C(C(=O)NCc1ccccc1)c1ccccc1. The minimum atomic E-state index is -0.784. The van der Waals surface area contributed by atoms with Crippen molar-refractivity contribution in [2.24, 2.45) is 0 Å². The highest BCUT2D eigenvalue weighted by Gasteiger charge is 2.38. The maximum atomic E-state index is 13.4. The number of benzene rings is 2. The average Bonchev–Trinajstić information content (AvgIpc) is 2.74. The third-order valence-electron chi connectivity index (χ3n) is 5.49. The van der Waals surface area contributed by atoms with Crippen LogP contribution in [0.5, 0.6) is 0 Å². The van der Waals surface area contributed by atoms with Gasteiger partial charge in [-0.25, -0.2) is 4.79 Å². The Morgan fingerprint density at radius 3 is 2.12 bits per heavy atom. The summed E-state index contributed by atoms with van der Waals surface area (Å²) < 4.78 is 5.25. The number of hydrogen-bond acceptors (Lipinski definition) is 4. The van der Waals surface area contributed by atoms with E-state index in [9.17, 15) is 14.4 Å². The van der Waals surface area contributed by atoms with Crippen molar-refractivity contribution in [2.45, 2.75) is 64.3 Å². The van der Waals surface area contributed by atoms with Crippen LogP contribution < -0.4 is 10.6 Å². The molecule has 1 aliphatic carbocycles. The van der Waals surface area contributed by atoms with Gasteiger partial charge in [0.05, 0.1) is 0 Å². The second-order valence-corrected chi connectivity index (χ2v) is 9.26. The number of hydrogen-bond donors (Lipinski definition) is 2. The van der Waals surface area contributed by atoms with Crippen molar-refractivity contribution in [1.82, 2.24) is 15.5 Å². The highest BCUT2D eigenvalue weighted by molar-refractivity contribution is 5.90. The van der Waals surface area contributed by atoms with E-state index in [1.807, 2.05) is 60.7 Å². The molecule has 1 aliphatic rings. The molecule has 1 fully saturated rings. The zero-order valence-electron chi connectivity index (χ0n) is 19.5. The van der Waals surface area contributed by atoms with E-state index in [-0.39, 0.29) is 24.4 Å². The third kappa shape index (κ3) is 7.07. The first-order valence-corrected chi connectivity index (χ1v) is 11.4. The molecular weight excluding hydrogens is 418 g/mol. The van der Waals surface area contributed by atoms with Gasteiger partial charge in [0, 0.05) is 12.6 Å². The summed E-state index contributed by atoms with van der Waals surface area (Å²) in [5.41, 5.74) is 1.05. The maximum Gasteiger partial charge on any atom is 0.408 e. The fourth-order valence-electron chi connectivity index (χ4n) is 3.73. The van der Waals surface area contributed by atoms with Crippen molar-refractivity contribution >= 4 is 17.9 Å². The van der Waals surface area contributed by atoms with Crippen molar-refractivity contribution in [3.05, 3.63) is 71.8 Å². The summed E-state index contributed by atoms with van der Waals surface area (Å²) in [4.78, 5) is 40.5. The van der Waals surface area contributed by atoms with Crippen LogP contribution in [0.3, 0.4) is 0 Å². The van der Waals surface area contributed by atoms with Crippen LogP contribution >= 0.6 is 0 Å². The highest BCUT2D eigenvalue weighted by atomic mass is 16.6. The monoisotopic (exact) mass is 451 g/mol. The van der Waals surface area contributed by atoms with Gasteiger partial charge in [0.25, 0.3) is 0 Å². The number of carbonyl (C=O) groups excluding carboxylic acids is 3.